The van der Waals surface area contributed by atoms with Gasteiger partial charge in [-0.3, -0.25) is 9.59 Å². The molecule has 0 bridgehead atoms. The summed E-state index contributed by atoms with van der Waals surface area (Å²) in [6, 6.07) is 5.89. The van der Waals surface area contributed by atoms with Crippen molar-refractivity contribution in [2.24, 2.45) is 0 Å². The molecule has 0 radical (unpaired) electrons. The second kappa shape index (κ2) is 15.6. The number of nitrogens with zero attached hydrogens (tertiary/aromatic N) is 2. The maximum Gasteiger partial charge on any atom is 0.382 e. The number of ether oxygens (including phenoxy) is 2. The summed E-state index contributed by atoms with van der Waals surface area (Å²) in [5.74, 6) is -2.33. The fraction of sp³-hybridized carbons (Fsp3) is 0.462. The summed E-state index contributed by atoms with van der Waals surface area (Å²) in [4.78, 5) is 35.4. The van der Waals surface area contributed by atoms with Crippen LogP contribution >= 0.6 is 0 Å². The van der Waals surface area contributed by atoms with E-state index in [4.69, 9.17) is 4.74 Å². The Morgan fingerprint density at radius 3 is 2.19 bits per heavy atom. The zero-order valence-electron chi connectivity index (χ0n) is 21.9. The summed E-state index contributed by atoms with van der Waals surface area (Å²) in [5.41, 5.74) is 0.322. The van der Waals surface area contributed by atoms with E-state index in [1.54, 1.807) is 24.0 Å². The van der Waals surface area contributed by atoms with Gasteiger partial charge in [-0.1, -0.05) is 23.9 Å². The predicted molar refractivity (Wildman–Crippen MR) is 133 cm³/mol. The number of methoxy groups -OCH3 is 2. The van der Waals surface area contributed by atoms with Crippen LogP contribution in [0.2, 0.25) is 0 Å². The Kier molecular flexibility index (Phi) is 13.3. The van der Waals surface area contributed by atoms with Crippen molar-refractivity contribution >= 4 is 17.7 Å². The monoisotopic (exact) mass is 523 g/mol. The number of nitrogens with one attached hydrogen (secondary N) is 1. The van der Waals surface area contributed by atoms with Crippen LogP contribution in [0.4, 0.5) is 8.78 Å². The van der Waals surface area contributed by atoms with Crippen molar-refractivity contribution in [1.29, 1.82) is 0 Å². The number of benzene rings is 1. The molecule has 1 N–H and O–H groups in total. The highest BCUT2D eigenvalue weighted by Gasteiger charge is 2.36. The van der Waals surface area contributed by atoms with Crippen molar-refractivity contribution in [3.63, 3.8) is 0 Å². The number of esters is 1. The van der Waals surface area contributed by atoms with Crippen molar-refractivity contribution < 1.29 is 37.2 Å². The number of aromatic nitrogens is 1. The molecule has 1 aliphatic heterocycles. The van der Waals surface area contributed by atoms with Gasteiger partial charge in [-0.25, -0.2) is 13.6 Å². The minimum atomic E-state index is -1.35. The number of alkyl halides is 1. The molecule has 2 heterocycles. The molecule has 1 amide bonds. The van der Waals surface area contributed by atoms with E-state index in [0.29, 0.717) is 24.2 Å². The zero-order chi connectivity index (χ0) is 28.0. The van der Waals surface area contributed by atoms with E-state index in [0.717, 1.165) is 12.7 Å². The molecule has 2 aromatic rings. The third kappa shape index (κ3) is 10.2. The minimum Gasteiger partial charge on any atom is -0.463 e. The quantitative estimate of drug-likeness (QED) is 0.255. The number of carbonyl (C=O) groups is 3. The number of hydrogen-bond donors (Lipinski definition) is 1. The molecule has 0 spiro atoms. The van der Waals surface area contributed by atoms with Gasteiger partial charge in [-0.15, -0.1) is 0 Å². The standard InChI is InChI=1S/C17H21F2NO2.C7H7NO4.C2H7N/c1-13(12-22-2)16(21)20-9-7-17(19,8-10-20)11-14-3-5-15(18)6-4-14;1-4-3-8-12-6(4)5(9)7(10)11-2;1-3-2/h3-6H,1,7-12H2,2H3;3H,1-2H3;3H,1-2H3. The van der Waals surface area contributed by atoms with Crippen LogP contribution in [0.3, 0.4) is 0 Å². The molecule has 0 saturated carbocycles. The Labute approximate surface area is 215 Å². The molecule has 1 aliphatic rings. The summed E-state index contributed by atoms with van der Waals surface area (Å²) in [6.07, 6.45) is 2.15. The van der Waals surface area contributed by atoms with E-state index in [9.17, 15) is 23.2 Å². The summed E-state index contributed by atoms with van der Waals surface area (Å²) >= 11 is 0. The number of rotatable bonds is 7. The van der Waals surface area contributed by atoms with Gasteiger partial charge in [0.05, 0.1) is 19.9 Å². The number of amides is 1. The van der Waals surface area contributed by atoms with E-state index < -0.39 is 17.4 Å². The van der Waals surface area contributed by atoms with Gasteiger partial charge in [0.15, 0.2) is 0 Å². The molecular formula is C26H35F2N3O6. The first kappa shape index (κ1) is 31.6. The van der Waals surface area contributed by atoms with E-state index in [1.165, 1.54) is 25.4 Å². The van der Waals surface area contributed by atoms with E-state index in [1.807, 2.05) is 14.1 Å². The maximum atomic E-state index is 14.9. The molecule has 1 aromatic heterocycles. The summed E-state index contributed by atoms with van der Waals surface area (Å²) in [6.45, 7) is 6.21. The number of Topliss-reactive ketones (excluding diaryl/α,β-unsaturated/α-hetero) is 1. The molecule has 37 heavy (non-hydrogen) atoms. The number of ketones is 1. The van der Waals surface area contributed by atoms with Crippen molar-refractivity contribution in [2.45, 2.75) is 31.9 Å². The third-order valence-electron chi connectivity index (χ3n) is 5.33. The number of likely N-dealkylation sites (tertiary alicyclic amines) is 1. The van der Waals surface area contributed by atoms with Crippen molar-refractivity contribution in [1.82, 2.24) is 15.4 Å². The lowest BCUT2D eigenvalue weighted by molar-refractivity contribution is -0.135. The van der Waals surface area contributed by atoms with Gasteiger partial charge in [0.1, 0.15) is 11.5 Å². The topological polar surface area (TPSA) is 111 Å². The van der Waals surface area contributed by atoms with E-state index in [2.05, 4.69) is 26.3 Å². The van der Waals surface area contributed by atoms with Crippen LogP contribution in [0.5, 0.6) is 0 Å². The smallest absolute Gasteiger partial charge is 0.382 e. The van der Waals surface area contributed by atoms with Crippen LogP contribution in [0, 0.1) is 12.7 Å². The van der Waals surface area contributed by atoms with Gasteiger partial charge in [-0.2, -0.15) is 0 Å². The summed E-state index contributed by atoms with van der Waals surface area (Å²) in [7, 11) is 6.38. The van der Waals surface area contributed by atoms with Crippen molar-refractivity contribution in [2.75, 3.05) is 48.0 Å². The number of carbonyl (C=O) groups excluding carboxylic acids is 3. The minimum absolute atomic E-state index is 0.0677. The molecule has 1 aromatic carbocycles. The second-order valence-corrected chi connectivity index (χ2v) is 8.44. The second-order valence-electron chi connectivity index (χ2n) is 8.44. The lowest BCUT2D eigenvalue weighted by atomic mass is 9.87. The number of halogens is 2. The average Bonchev–Trinajstić information content (AvgIpc) is 3.31. The Morgan fingerprint density at radius 1 is 1.16 bits per heavy atom. The largest absolute Gasteiger partial charge is 0.463 e. The van der Waals surface area contributed by atoms with Crippen LogP contribution in [0.1, 0.15) is 34.5 Å². The average molecular weight is 524 g/mol. The highest BCUT2D eigenvalue weighted by Crippen LogP contribution is 2.31. The summed E-state index contributed by atoms with van der Waals surface area (Å²) < 4.78 is 41.4. The van der Waals surface area contributed by atoms with Crippen LogP contribution in [0.25, 0.3) is 0 Å². The van der Waals surface area contributed by atoms with Crippen LogP contribution < -0.4 is 5.32 Å². The van der Waals surface area contributed by atoms with Gasteiger partial charge < -0.3 is 24.2 Å². The molecule has 9 nitrogen and oxygen atoms in total. The Hall–Kier alpha value is -3.44. The molecule has 0 aliphatic carbocycles. The lowest BCUT2D eigenvalue weighted by Gasteiger charge is -2.36. The SMILES string of the molecule is C=C(COC)C(=O)N1CCC(F)(Cc2ccc(F)cc2)CC1.CNC.COC(=O)C(=O)c1oncc1C. The van der Waals surface area contributed by atoms with Crippen LogP contribution in [-0.2, 0) is 25.5 Å². The molecule has 0 atom stereocenters. The molecule has 11 heteroatoms. The fourth-order valence-corrected chi connectivity index (χ4v) is 3.41. The fourth-order valence-electron chi connectivity index (χ4n) is 3.41. The van der Waals surface area contributed by atoms with Crippen LogP contribution in [-0.4, -0.2) is 81.4 Å². The van der Waals surface area contributed by atoms with Crippen LogP contribution in [0.15, 0.2) is 47.1 Å². The Balaban J connectivity index is 0.000000383. The predicted octanol–water partition coefficient (Wildman–Crippen LogP) is 3.08. The molecule has 1 fully saturated rings. The Bertz CT molecular complexity index is 1030. The van der Waals surface area contributed by atoms with Gasteiger partial charge in [0.25, 0.3) is 5.91 Å². The normalized spacial score (nSPS) is 13.9. The molecule has 1 saturated heterocycles. The third-order valence-corrected chi connectivity index (χ3v) is 5.33. The zero-order valence-corrected chi connectivity index (χ0v) is 21.9. The summed E-state index contributed by atoms with van der Waals surface area (Å²) in [5, 5.41) is 6.11. The number of piperidine rings is 1. The van der Waals surface area contributed by atoms with Gasteiger partial charge >= 0.3 is 11.8 Å². The first-order valence-corrected chi connectivity index (χ1v) is 11.5. The Morgan fingerprint density at radius 2 is 1.73 bits per heavy atom. The van der Waals surface area contributed by atoms with Gasteiger partial charge in [0, 0.05) is 37.8 Å². The molecular weight excluding hydrogens is 488 g/mol. The van der Waals surface area contributed by atoms with Crippen molar-refractivity contribution in [3.05, 3.63) is 65.3 Å². The highest BCUT2D eigenvalue weighted by atomic mass is 19.1. The first-order chi connectivity index (χ1) is 17.5. The van der Waals surface area contributed by atoms with Crippen molar-refractivity contribution in [3.8, 4) is 0 Å². The number of hydrogen-bond acceptors (Lipinski definition) is 8. The molecule has 0 unspecified atom stereocenters. The lowest BCUT2D eigenvalue weighted by Crippen LogP contribution is -2.46. The van der Waals surface area contributed by atoms with Gasteiger partial charge in [-0.05, 0) is 51.6 Å². The number of aryl methyl sites for hydroxylation is 1. The van der Waals surface area contributed by atoms with E-state index in [-0.39, 0.29) is 43.4 Å². The molecule has 204 valence electrons. The van der Waals surface area contributed by atoms with E-state index >= 15 is 0 Å². The highest BCUT2D eigenvalue weighted by molar-refractivity contribution is 6.40. The first-order valence-electron chi connectivity index (χ1n) is 11.5. The maximum absolute atomic E-state index is 14.9. The molecule has 3 rings (SSSR count). The van der Waals surface area contributed by atoms with Gasteiger partial charge in [0.2, 0.25) is 5.76 Å².